The van der Waals surface area contributed by atoms with Crippen LogP contribution in [-0.2, 0) is 38.1 Å². The van der Waals surface area contributed by atoms with E-state index in [2.05, 4.69) is 18.5 Å². The maximum Gasteiger partial charge on any atom is 0.333 e. The predicted octanol–water partition coefficient (Wildman–Crippen LogP) is 3.06. The summed E-state index contributed by atoms with van der Waals surface area (Å²) in [5.41, 5.74) is -0.364. The Morgan fingerprint density at radius 1 is 0.882 bits per heavy atom. The molecule has 9 heteroatoms. The summed E-state index contributed by atoms with van der Waals surface area (Å²) in [4.78, 5) is 47.2. The molecule has 0 aromatic carbocycles. The van der Waals surface area contributed by atoms with Crippen LogP contribution in [0.5, 0.6) is 0 Å². The summed E-state index contributed by atoms with van der Waals surface area (Å²) in [7, 11) is 0. The number of Topliss-reactive ketones (excluding diaryl/α,β-unsaturated/α-hetero) is 1. The maximum atomic E-state index is 12.5. The average Bonchev–Trinajstić information content (AvgIpc) is 2.80. The van der Waals surface area contributed by atoms with Gasteiger partial charge in [-0.3, -0.25) is 9.59 Å². The molecule has 0 saturated carbocycles. The third-order valence-electron chi connectivity index (χ3n) is 5.10. The van der Waals surface area contributed by atoms with Crippen LogP contribution in [0.15, 0.2) is 24.3 Å². The van der Waals surface area contributed by atoms with Crippen molar-refractivity contribution in [1.82, 2.24) is 5.32 Å². The largest absolute Gasteiger partial charge is 0.460 e. The van der Waals surface area contributed by atoms with Gasteiger partial charge in [0.1, 0.15) is 24.9 Å². The van der Waals surface area contributed by atoms with Crippen LogP contribution >= 0.6 is 0 Å². The molecular formula is C25H41NO8. The zero-order valence-corrected chi connectivity index (χ0v) is 21.3. The first-order valence-corrected chi connectivity index (χ1v) is 11.7. The Balaban J connectivity index is 4.04. The van der Waals surface area contributed by atoms with Crippen LogP contribution in [0.2, 0.25) is 0 Å². The lowest BCUT2D eigenvalue weighted by Gasteiger charge is -2.27. The summed E-state index contributed by atoms with van der Waals surface area (Å²) >= 11 is 0. The van der Waals surface area contributed by atoms with Gasteiger partial charge in [-0.1, -0.05) is 26.5 Å². The Morgan fingerprint density at radius 3 is 2.03 bits per heavy atom. The van der Waals surface area contributed by atoms with Crippen molar-refractivity contribution in [2.24, 2.45) is 0 Å². The maximum absolute atomic E-state index is 12.5. The molecule has 0 bridgehead atoms. The zero-order valence-electron chi connectivity index (χ0n) is 21.3. The van der Waals surface area contributed by atoms with E-state index in [-0.39, 0.29) is 38.1 Å². The Labute approximate surface area is 203 Å². The molecule has 0 aliphatic rings. The van der Waals surface area contributed by atoms with Crippen LogP contribution in [0.25, 0.3) is 0 Å². The molecule has 34 heavy (non-hydrogen) atoms. The highest BCUT2D eigenvalue weighted by atomic mass is 16.6. The number of amides is 1. The van der Waals surface area contributed by atoms with Crippen molar-refractivity contribution in [2.45, 2.75) is 78.4 Å². The number of nitrogens with one attached hydrogen (secondary N) is 1. The van der Waals surface area contributed by atoms with Crippen LogP contribution in [0.3, 0.4) is 0 Å². The predicted molar refractivity (Wildman–Crippen MR) is 128 cm³/mol. The normalized spacial score (nSPS) is 13.3. The van der Waals surface area contributed by atoms with E-state index in [1.54, 1.807) is 27.7 Å². The van der Waals surface area contributed by atoms with Crippen molar-refractivity contribution in [3.8, 4) is 0 Å². The summed E-state index contributed by atoms with van der Waals surface area (Å²) in [5, 5.41) is 2.72. The van der Waals surface area contributed by atoms with Gasteiger partial charge in [0.05, 0.1) is 13.2 Å². The van der Waals surface area contributed by atoms with Crippen molar-refractivity contribution in [2.75, 3.05) is 33.0 Å². The van der Waals surface area contributed by atoms with E-state index in [9.17, 15) is 19.2 Å². The number of hydrogen-bond donors (Lipinski definition) is 1. The number of rotatable bonds is 19. The van der Waals surface area contributed by atoms with Crippen LogP contribution in [0.1, 0.15) is 66.7 Å². The van der Waals surface area contributed by atoms with Gasteiger partial charge in [-0.2, -0.15) is 0 Å². The molecule has 0 aromatic heterocycles. The van der Waals surface area contributed by atoms with E-state index in [1.165, 1.54) is 0 Å². The van der Waals surface area contributed by atoms with Gasteiger partial charge in [0.15, 0.2) is 5.78 Å². The van der Waals surface area contributed by atoms with Crippen molar-refractivity contribution in [3.05, 3.63) is 24.3 Å². The van der Waals surface area contributed by atoms with Crippen molar-refractivity contribution in [1.29, 1.82) is 0 Å². The van der Waals surface area contributed by atoms with Gasteiger partial charge in [-0.25, -0.2) is 9.59 Å². The Bertz CT molecular complexity index is 718. The van der Waals surface area contributed by atoms with Crippen LogP contribution in [0.4, 0.5) is 0 Å². The van der Waals surface area contributed by atoms with Gasteiger partial charge < -0.3 is 24.3 Å². The molecule has 2 atom stereocenters. The van der Waals surface area contributed by atoms with Crippen LogP contribution in [-0.4, -0.2) is 68.3 Å². The summed E-state index contributed by atoms with van der Waals surface area (Å²) in [6.07, 6.45) is 2.46. The molecule has 0 spiro atoms. The average molecular weight is 484 g/mol. The molecule has 0 aromatic rings. The Hall–Kier alpha value is -2.52. The Morgan fingerprint density at radius 2 is 1.47 bits per heavy atom. The molecule has 0 aliphatic carbocycles. The Kier molecular flexibility index (Phi) is 15.7. The molecule has 0 rings (SSSR count). The SMILES string of the molecule is C=C(C)C(=O)OCCNC(=O)C(C)(CC)OCCCCCC(=O)C(C)OCCOC(=O)C(=C)C. The molecule has 0 saturated heterocycles. The molecule has 0 radical (unpaired) electrons. The third kappa shape index (κ3) is 13.3. The fourth-order valence-electron chi connectivity index (χ4n) is 2.60. The topological polar surface area (TPSA) is 117 Å². The number of esters is 2. The molecule has 0 aliphatic heterocycles. The van der Waals surface area contributed by atoms with E-state index in [0.29, 0.717) is 43.4 Å². The molecular weight excluding hydrogens is 442 g/mol. The number of unbranched alkanes of at least 4 members (excludes halogenated alkanes) is 2. The smallest absolute Gasteiger partial charge is 0.333 e. The van der Waals surface area contributed by atoms with E-state index < -0.39 is 23.6 Å². The summed E-state index contributed by atoms with van der Waals surface area (Å²) in [5.74, 6) is -1.26. The van der Waals surface area contributed by atoms with Gasteiger partial charge >= 0.3 is 11.9 Å². The van der Waals surface area contributed by atoms with E-state index >= 15 is 0 Å². The van der Waals surface area contributed by atoms with Crippen LogP contribution < -0.4 is 5.32 Å². The second-order valence-corrected chi connectivity index (χ2v) is 8.31. The third-order valence-corrected chi connectivity index (χ3v) is 5.10. The van der Waals surface area contributed by atoms with Gasteiger partial charge in [0.25, 0.3) is 5.91 Å². The first-order chi connectivity index (χ1) is 15.9. The second kappa shape index (κ2) is 17.0. The quantitative estimate of drug-likeness (QED) is 0.169. The zero-order chi connectivity index (χ0) is 26.1. The highest BCUT2D eigenvalue weighted by Crippen LogP contribution is 2.17. The molecule has 1 N–H and O–H groups in total. The summed E-state index contributed by atoms with van der Waals surface area (Å²) in [6.45, 7) is 16.2. The molecule has 2 unspecified atom stereocenters. The standard InChI is InChI=1S/C25H41NO8/c1-8-25(7,24(30)26-13-15-32-22(28)18(2)3)34-14-11-9-10-12-21(27)20(6)31-16-17-33-23(29)19(4)5/h20H,2,4,8-17H2,1,3,5-7H3,(H,26,30). The van der Waals surface area contributed by atoms with Crippen molar-refractivity contribution >= 4 is 23.6 Å². The lowest BCUT2D eigenvalue weighted by molar-refractivity contribution is -0.147. The second-order valence-electron chi connectivity index (χ2n) is 8.31. The highest BCUT2D eigenvalue weighted by molar-refractivity contribution is 5.87. The monoisotopic (exact) mass is 483 g/mol. The van der Waals surface area contributed by atoms with Gasteiger partial charge in [0, 0.05) is 24.2 Å². The van der Waals surface area contributed by atoms with Crippen molar-refractivity contribution in [3.63, 3.8) is 0 Å². The molecule has 194 valence electrons. The first kappa shape index (κ1) is 31.5. The molecule has 1 amide bonds. The number of ketones is 1. The van der Waals surface area contributed by atoms with Crippen LogP contribution in [0, 0.1) is 0 Å². The summed E-state index contributed by atoms with van der Waals surface area (Å²) in [6, 6.07) is 0. The number of carbonyl (C=O) groups is 4. The lowest BCUT2D eigenvalue weighted by atomic mass is 10.0. The first-order valence-electron chi connectivity index (χ1n) is 11.7. The van der Waals surface area contributed by atoms with Gasteiger partial charge in [0.2, 0.25) is 0 Å². The highest BCUT2D eigenvalue weighted by Gasteiger charge is 2.31. The lowest BCUT2D eigenvalue weighted by Crippen LogP contribution is -2.47. The number of ether oxygens (including phenoxy) is 4. The fraction of sp³-hybridized carbons (Fsp3) is 0.680. The van der Waals surface area contributed by atoms with Gasteiger partial charge in [-0.05, 0) is 47.0 Å². The number of hydrogen-bond acceptors (Lipinski definition) is 8. The van der Waals surface area contributed by atoms with Gasteiger partial charge in [-0.15, -0.1) is 0 Å². The molecule has 0 fully saturated rings. The van der Waals surface area contributed by atoms with Crippen molar-refractivity contribution < 1.29 is 38.1 Å². The van der Waals surface area contributed by atoms with E-state index in [4.69, 9.17) is 18.9 Å². The molecule has 0 heterocycles. The van der Waals surface area contributed by atoms with E-state index in [1.807, 2.05) is 6.92 Å². The minimum atomic E-state index is -0.982. The molecule has 9 nitrogen and oxygen atoms in total. The minimum absolute atomic E-state index is 0.0164. The number of carbonyl (C=O) groups excluding carboxylic acids is 4. The fourth-order valence-corrected chi connectivity index (χ4v) is 2.60. The summed E-state index contributed by atoms with van der Waals surface area (Å²) < 4.78 is 21.1. The minimum Gasteiger partial charge on any atom is -0.460 e. The van der Waals surface area contributed by atoms with E-state index in [0.717, 1.165) is 6.42 Å².